The Morgan fingerprint density at radius 1 is 0.857 bits per heavy atom. The summed E-state index contributed by atoms with van der Waals surface area (Å²) in [5.41, 5.74) is -0.498. The second kappa shape index (κ2) is 4.45. The third-order valence-electron chi connectivity index (χ3n) is 3.06. The SMILES string of the molecule is O=c1c(O)[13c](-c2ccc(O)cc2)oc2cc(O)cc(O)c12. The van der Waals surface area contributed by atoms with Crippen molar-refractivity contribution in [3.05, 3.63) is 46.6 Å². The number of rotatable bonds is 1. The predicted molar refractivity (Wildman–Crippen MR) is 74.6 cm³/mol. The summed E-state index contributed by atoms with van der Waals surface area (Å²) < 4.78 is 5.41. The monoisotopic (exact) mass is 287 g/mol. The maximum absolute atomic E-state index is 12.1. The Morgan fingerprint density at radius 3 is 2.19 bits per heavy atom. The van der Waals surface area contributed by atoms with Crippen molar-refractivity contribution in [2.75, 3.05) is 0 Å². The Bertz CT molecular complexity index is 893. The van der Waals surface area contributed by atoms with Gasteiger partial charge >= 0.3 is 0 Å². The van der Waals surface area contributed by atoms with Crippen molar-refractivity contribution in [2.45, 2.75) is 0 Å². The van der Waals surface area contributed by atoms with Gasteiger partial charge in [0.15, 0.2) is 5.76 Å². The third-order valence-corrected chi connectivity index (χ3v) is 3.06. The van der Waals surface area contributed by atoms with Crippen LogP contribution in [-0.4, -0.2) is 20.4 Å². The van der Waals surface area contributed by atoms with E-state index in [4.69, 9.17) is 4.42 Å². The largest absolute Gasteiger partial charge is 0.508 e. The molecule has 0 spiro atoms. The average Bonchev–Trinajstić information content (AvgIpc) is 2.43. The number of phenolic OH excluding ortho intramolecular Hbond substituents is 3. The zero-order valence-electron chi connectivity index (χ0n) is 10.6. The van der Waals surface area contributed by atoms with Crippen LogP contribution in [-0.2, 0) is 0 Å². The molecule has 21 heavy (non-hydrogen) atoms. The van der Waals surface area contributed by atoms with Gasteiger partial charge in [-0.1, -0.05) is 0 Å². The van der Waals surface area contributed by atoms with Gasteiger partial charge in [-0.3, -0.25) is 4.79 Å². The second-order valence-corrected chi connectivity index (χ2v) is 4.49. The minimum Gasteiger partial charge on any atom is -0.508 e. The molecule has 0 saturated heterocycles. The molecule has 0 bridgehead atoms. The first-order valence-corrected chi connectivity index (χ1v) is 5.98. The molecule has 1 aromatic heterocycles. The van der Waals surface area contributed by atoms with E-state index in [0.29, 0.717) is 5.56 Å². The van der Waals surface area contributed by atoms with Crippen molar-refractivity contribution in [2.24, 2.45) is 0 Å². The molecule has 106 valence electrons. The van der Waals surface area contributed by atoms with E-state index in [2.05, 4.69) is 0 Å². The molecular weight excluding hydrogens is 277 g/mol. The Balaban J connectivity index is 2.37. The summed E-state index contributed by atoms with van der Waals surface area (Å²) >= 11 is 0. The third kappa shape index (κ3) is 2.02. The fourth-order valence-electron chi connectivity index (χ4n) is 2.08. The minimum atomic E-state index is -0.808. The van der Waals surface area contributed by atoms with Gasteiger partial charge in [0.25, 0.3) is 0 Å². The molecule has 0 atom stereocenters. The fraction of sp³-hybridized carbons (Fsp3) is 0. The van der Waals surface area contributed by atoms with Gasteiger partial charge in [0.05, 0.1) is 0 Å². The van der Waals surface area contributed by atoms with Crippen LogP contribution in [0.25, 0.3) is 22.3 Å². The molecule has 6 nitrogen and oxygen atoms in total. The van der Waals surface area contributed by atoms with Crippen LogP contribution in [0.3, 0.4) is 0 Å². The molecule has 0 saturated carbocycles. The molecule has 3 rings (SSSR count). The summed E-state index contributed by atoms with van der Waals surface area (Å²) in [4.78, 5) is 12.1. The van der Waals surface area contributed by atoms with Crippen LogP contribution in [0.15, 0.2) is 45.6 Å². The van der Waals surface area contributed by atoms with Crippen molar-refractivity contribution in [3.63, 3.8) is 0 Å². The molecule has 0 aliphatic heterocycles. The molecule has 0 aliphatic rings. The zero-order chi connectivity index (χ0) is 15.1. The molecule has 0 amide bonds. The van der Waals surface area contributed by atoms with Crippen LogP contribution in [0.2, 0.25) is 0 Å². The van der Waals surface area contributed by atoms with E-state index in [-0.39, 0.29) is 28.2 Å². The number of benzene rings is 2. The summed E-state index contributed by atoms with van der Waals surface area (Å²) in [6.07, 6.45) is 0. The van der Waals surface area contributed by atoms with Gasteiger partial charge in [0.2, 0.25) is 11.2 Å². The first-order valence-electron chi connectivity index (χ1n) is 5.98. The van der Waals surface area contributed by atoms with Crippen LogP contribution < -0.4 is 5.43 Å². The number of phenols is 3. The van der Waals surface area contributed by atoms with Crippen molar-refractivity contribution in [1.29, 1.82) is 0 Å². The molecule has 0 fully saturated rings. The van der Waals surface area contributed by atoms with Crippen molar-refractivity contribution < 1.29 is 24.8 Å². The summed E-state index contributed by atoms with van der Waals surface area (Å²) in [7, 11) is 0. The maximum Gasteiger partial charge on any atom is 0.238 e. The van der Waals surface area contributed by atoms with Crippen LogP contribution >= 0.6 is 0 Å². The molecule has 2 aromatic carbocycles. The van der Waals surface area contributed by atoms with E-state index in [1.54, 1.807) is 0 Å². The lowest BCUT2D eigenvalue weighted by atomic mass is 10.2. The van der Waals surface area contributed by atoms with Gasteiger partial charge in [-0.05, 0) is 24.3 Å². The van der Waals surface area contributed by atoms with E-state index in [0.717, 1.165) is 6.07 Å². The Hall–Kier alpha value is -3.15. The lowest BCUT2D eigenvalue weighted by Gasteiger charge is -2.07. The van der Waals surface area contributed by atoms with Crippen LogP contribution in [0.1, 0.15) is 0 Å². The first-order chi connectivity index (χ1) is 9.97. The molecular formula is C15H10O6. The van der Waals surface area contributed by atoms with E-state index in [1.165, 1.54) is 30.3 Å². The van der Waals surface area contributed by atoms with Crippen molar-refractivity contribution in [1.82, 2.24) is 0 Å². The van der Waals surface area contributed by atoms with Gasteiger partial charge in [-0.15, -0.1) is 0 Å². The fourth-order valence-corrected chi connectivity index (χ4v) is 2.08. The van der Waals surface area contributed by atoms with E-state index in [1.807, 2.05) is 0 Å². The van der Waals surface area contributed by atoms with Gasteiger partial charge in [-0.25, -0.2) is 0 Å². The number of aromatic hydroxyl groups is 4. The molecule has 1 heterocycles. The summed E-state index contributed by atoms with van der Waals surface area (Å²) in [6.45, 7) is 0. The van der Waals surface area contributed by atoms with Crippen LogP contribution in [0, 0.1) is 0 Å². The minimum absolute atomic E-state index is 0.0247. The molecule has 0 aliphatic carbocycles. The zero-order valence-corrected chi connectivity index (χ0v) is 10.6. The first kappa shape index (κ1) is 12.9. The average molecular weight is 287 g/mol. The highest BCUT2D eigenvalue weighted by Crippen LogP contribution is 2.35. The molecule has 3 aromatic rings. The maximum atomic E-state index is 12.1. The summed E-state index contributed by atoms with van der Waals surface area (Å²) in [5, 5.41) is 38.1. The van der Waals surface area contributed by atoms with Crippen LogP contribution in [0.5, 0.6) is 23.0 Å². The molecule has 4 N–H and O–H groups in total. The van der Waals surface area contributed by atoms with Crippen molar-refractivity contribution in [3.8, 4) is 34.3 Å². The summed E-state index contributed by atoms with van der Waals surface area (Å²) in [5.74, 6) is -1.50. The quantitative estimate of drug-likeness (QED) is 0.546. The Kier molecular flexibility index (Phi) is 2.72. The van der Waals surface area contributed by atoms with E-state index < -0.39 is 16.9 Å². The Morgan fingerprint density at radius 2 is 1.52 bits per heavy atom. The number of fused-ring (bicyclic) bond motifs is 1. The topological polar surface area (TPSA) is 111 Å². The van der Waals surface area contributed by atoms with Gasteiger partial charge in [-0.2, -0.15) is 0 Å². The lowest BCUT2D eigenvalue weighted by molar-refractivity contribution is 0.438. The van der Waals surface area contributed by atoms with Crippen LogP contribution in [0.4, 0.5) is 0 Å². The second-order valence-electron chi connectivity index (χ2n) is 4.49. The smallest absolute Gasteiger partial charge is 0.238 e. The van der Waals surface area contributed by atoms with E-state index in [9.17, 15) is 25.2 Å². The summed E-state index contributed by atoms with van der Waals surface area (Å²) in [6, 6.07) is 7.82. The molecule has 0 unspecified atom stereocenters. The predicted octanol–water partition coefficient (Wildman–Crippen LogP) is 2.28. The standard InChI is InChI=1S/C15H10O6/c16-8-3-1-7(2-4-8)15-14(20)13(19)12-10(18)5-9(17)6-11(12)21-15/h1-6,16-18,20H/i15+1. The normalized spacial score (nSPS) is 10.9. The van der Waals surface area contributed by atoms with Gasteiger partial charge in [0, 0.05) is 17.7 Å². The highest BCUT2D eigenvalue weighted by Gasteiger charge is 2.18. The molecule has 6 heteroatoms. The van der Waals surface area contributed by atoms with Gasteiger partial charge in [0.1, 0.15) is 28.2 Å². The highest BCUT2D eigenvalue weighted by molar-refractivity contribution is 5.88. The number of hydrogen-bond acceptors (Lipinski definition) is 6. The van der Waals surface area contributed by atoms with E-state index >= 15 is 0 Å². The highest BCUT2D eigenvalue weighted by atomic mass is 16.4. The number of hydrogen-bond donors (Lipinski definition) is 4. The van der Waals surface area contributed by atoms with Crippen molar-refractivity contribution >= 4 is 11.0 Å². The Labute approximate surface area is 117 Å². The lowest BCUT2D eigenvalue weighted by Crippen LogP contribution is -2.02. The van der Waals surface area contributed by atoms with Gasteiger partial charge < -0.3 is 24.8 Å². The molecule has 0 radical (unpaired) electrons.